The van der Waals surface area contributed by atoms with E-state index in [4.69, 9.17) is 5.11 Å². The van der Waals surface area contributed by atoms with Gasteiger partial charge in [0.15, 0.2) is 0 Å². The van der Waals surface area contributed by atoms with Crippen LogP contribution >= 0.6 is 0 Å². The topological polar surface area (TPSA) is 69.6 Å². The van der Waals surface area contributed by atoms with E-state index >= 15 is 0 Å². The number of carboxylic acid groups (broad SMARTS) is 1. The fraction of sp³-hybridized carbons (Fsp3) is 0.333. The Labute approximate surface area is 100 Å². The van der Waals surface area contributed by atoms with Crippen LogP contribution in [0.2, 0.25) is 0 Å². The molecule has 5 heteroatoms. The number of carboxylic acids is 1. The van der Waals surface area contributed by atoms with Crippen molar-refractivity contribution >= 4 is 11.9 Å². The van der Waals surface area contributed by atoms with E-state index in [2.05, 4.69) is 5.43 Å². The van der Waals surface area contributed by atoms with Crippen molar-refractivity contribution in [1.29, 1.82) is 0 Å². The summed E-state index contributed by atoms with van der Waals surface area (Å²) in [7, 11) is 3.34. The van der Waals surface area contributed by atoms with Gasteiger partial charge in [0.25, 0.3) is 5.91 Å². The van der Waals surface area contributed by atoms with Crippen LogP contribution in [0.25, 0.3) is 0 Å². The number of rotatable bonds is 3. The maximum absolute atomic E-state index is 11.9. The van der Waals surface area contributed by atoms with Crippen molar-refractivity contribution in [3.05, 3.63) is 34.4 Å². The number of hydrazine groups is 1. The molecule has 0 unspecified atom stereocenters. The van der Waals surface area contributed by atoms with Gasteiger partial charge < -0.3 is 5.11 Å². The van der Waals surface area contributed by atoms with Crippen LogP contribution in [-0.4, -0.2) is 36.1 Å². The Balaban J connectivity index is 3.35. The maximum Gasteiger partial charge on any atom is 0.336 e. The first kappa shape index (κ1) is 13.2. The number of carbonyl (C=O) groups excluding carboxylic acids is 1. The molecular weight excluding hydrogens is 220 g/mol. The minimum atomic E-state index is -1.09. The van der Waals surface area contributed by atoms with Crippen LogP contribution in [0, 0.1) is 13.8 Å². The van der Waals surface area contributed by atoms with Gasteiger partial charge in [-0.05, 0) is 25.0 Å². The molecule has 17 heavy (non-hydrogen) atoms. The second-order valence-electron chi connectivity index (χ2n) is 4.09. The molecule has 0 aromatic heterocycles. The van der Waals surface area contributed by atoms with Gasteiger partial charge in [0.1, 0.15) is 0 Å². The fourth-order valence-corrected chi connectivity index (χ4v) is 1.64. The Kier molecular flexibility index (Phi) is 3.85. The van der Waals surface area contributed by atoms with Crippen molar-refractivity contribution in [1.82, 2.24) is 10.4 Å². The summed E-state index contributed by atoms with van der Waals surface area (Å²) in [5, 5.41) is 10.6. The maximum atomic E-state index is 11.9. The Bertz CT molecular complexity index is 467. The number of aromatic carboxylic acids is 1. The van der Waals surface area contributed by atoms with Crippen LogP contribution in [0.1, 0.15) is 31.8 Å². The van der Waals surface area contributed by atoms with Gasteiger partial charge >= 0.3 is 5.97 Å². The van der Waals surface area contributed by atoms with Crippen LogP contribution in [0.15, 0.2) is 12.1 Å². The highest BCUT2D eigenvalue weighted by Crippen LogP contribution is 2.18. The van der Waals surface area contributed by atoms with Crippen LogP contribution in [0.3, 0.4) is 0 Å². The normalized spacial score (nSPS) is 10.4. The third-order valence-electron chi connectivity index (χ3n) is 2.39. The fourth-order valence-electron chi connectivity index (χ4n) is 1.64. The third-order valence-corrected chi connectivity index (χ3v) is 2.39. The van der Waals surface area contributed by atoms with Crippen LogP contribution in [0.4, 0.5) is 0 Å². The zero-order chi connectivity index (χ0) is 13.2. The second-order valence-corrected chi connectivity index (χ2v) is 4.09. The molecule has 0 bridgehead atoms. The van der Waals surface area contributed by atoms with Crippen molar-refractivity contribution in [2.75, 3.05) is 14.1 Å². The molecule has 1 aromatic rings. The Hall–Kier alpha value is -1.88. The molecule has 0 fully saturated rings. The van der Waals surface area contributed by atoms with Gasteiger partial charge in [0.2, 0.25) is 0 Å². The summed E-state index contributed by atoms with van der Waals surface area (Å²) in [6, 6.07) is 3.44. The van der Waals surface area contributed by atoms with Crippen molar-refractivity contribution in [3.63, 3.8) is 0 Å². The summed E-state index contributed by atoms with van der Waals surface area (Å²) >= 11 is 0. The first-order valence-corrected chi connectivity index (χ1v) is 5.16. The highest BCUT2D eigenvalue weighted by atomic mass is 16.4. The summed E-state index contributed by atoms with van der Waals surface area (Å²) in [6.07, 6.45) is 0. The molecule has 0 radical (unpaired) electrons. The van der Waals surface area contributed by atoms with E-state index in [-0.39, 0.29) is 11.1 Å². The lowest BCUT2D eigenvalue weighted by Crippen LogP contribution is -2.37. The van der Waals surface area contributed by atoms with Gasteiger partial charge in [0.05, 0.1) is 11.1 Å². The lowest BCUT2D eigenvalue weighted by Gasteiger charge is -2.16. The molecule has 1 rings (SSSR count). The predicted molar refractivity (Wildman–Crippen MR) is 64.0 cm³/mol. The Morgan fingerprint density at radius 1 is 1.12 bits per heavy atom. The van der Waals surface area contributed by atoms with Gasteiger partial charge in [0, 0.05) is 14.1 Å². The number of amides is 1. The number of nitrogens with one attached hydrogen (secondary N) is 1. The van der Waals surface area contributed by atoms with Crippen molar-refractivity contribution in [3.8, 4) is 0 Å². The molecule has 0 aliphatic heterocycles. The summed E-state index contributed by atoms with van der Waals surface area (Å²) in [4.78, 5) is 23.1. The SMILES string of the molecule is Cc1ccc(C)c(C(=O)NN(C)C)c1C(=O)O. The number of benzene rings is 1. The zero-order valence-electron chi connectivity index (χ0n) is 10.4. The average molecular weight is 236 g/mol. The lowest BCUT2D eigenvalue weighted by molar-refractivity contribution is 0.0686. The van der Waals surface area contributed by atoms with E-state index in [1.54, 1.807) is 40.1 Å². The summed E-state index contributed by atoms with van der Waals surface area (Å²) < 4.78 is 0. The van der Waals surface area contributed by atoms with Crippen LogP contribution < -0.4 is 5.43 Å². The van der Waals surface area contributed by atoms with Crippen molar-refractivity contribution in [2.24, 2.45) is 0 Å². The molecule has 0 saturated carbocycles. The zero-order valence-corrected chi connectivity index (χ0v) is 10.4. The summed E-state index contributed by atoms with van der Waals surface area (Å²) in [6.45, 7) is 3.39. The van der Waals surface area contributed by atoms with Gasteiger partial charge in [-0.3, -0.25) is 10.2 Å². The third kappa shape index (κ3) is 2.82. The molecule has 92 valence electrons. The van der Waals surface area contributed by atoms with E-state index in [1.807, 2.05) is 0 Å². The minimum absolute atomic E-state index is 0.0596. The molecule has 1 amide bonds. The van der Waals surface area contributed by atoms with Crippen LogP contribution in [0.5, 0.6) is 0 Å². The first-order chi connectivity index (χ1) is 7.84. The molecule has 0 atom stereocenters. The van der Waals surface area contributed by atoms with E-state index < -0.39 is 11.9 Å². The second kappa shape index (κ2) is 4.97. The quantitative estimate of drug-likeness (QED) is 0.774. The van der Waals surface area contributed by atoms with Gasteiger partial charge in [-0.2, -0.15) is 0 Å². The first-order valence-electron chi connectivity index (χ1n) is 5.16. The number of hydrogen-bond acceptors (Lipinski definition) is 3. The van der Waals surface area contributed by atoms with E-state index in [0.717, 1.165) is 0 Å². The largest absolute Gasteiger partial charge is 0.478 e. The number of aryl methyl sites for hydroxylation is 2. The van der Waals surface area contributed by atoms with Crippen molar-refractivity contribution < 1.29 is 14.7 Å². The standard InChI is InChI=1S/C12H16N2O3/c1-7-5-6-8(2)10(12(16)17)9(7)11(15)13-14(3)4/h5-6H,1-4H3,(H,13,15)(H,16,17). The van der Waals surface area contributed by atoms with Crippen LogP contribution in [-0.2, 0) is 0 Å². The average Bonchev–Trinajstić information content (AvgIpc) is 2.19. The smallest absolute Gasteiger partial charge is 0.336 e. The lowest BCUT2D eigenvalue weighted by atomic mass is 9.97. The molecule has 0 aliphatic rings. The number of hydrogen-bond donors (Lipinski definition) is 2. The molecular formula is C12H16N2O3. The molecule has 2 N–H and O–H groups in total. The molecule has 0 saturated heterocycles. The highest BCUT2D eigenvalue weighted by Gasteiger charge is 2.21. The minimum Gasteiger partial charge on any atom is -0.478 e. The van der Waals surface area contributed by atoms with Gasteiger partial charge in [-0.1, -0.05) is 12.1 Å². The van der Waals surface area contributed by atoms with E-state index in [0.29, 0.717) is 11.1 Å². The van der Waals surface area contributed by atoms with Crippen molar-refractivity contribution in [2.45, 2.75) is 13.8 Å². The summed E-state index contributed by atoms with van der Waals surface area (Å²) in [5.74, 6) is -1.50. The van der Waals surface area contributed by atoms with E-state index in [9.17, 15) is 9.59 Å². The summed E-state index contributed by atoms with van der Waals surface area (Å²) in [5.41, 5.74) is 4.05. The van der Waals surface area contributed by atoms with E-state index in [1.165, 1.54) is 5.01 Å². The molecule has 1 aromatic carbocycles. The monoisotopic (exact) mass is 236 g/mol. The highest BCUT2D eigenvalue weighted by molar-refractivity contribution is 6.06. The Morgan fingerprint density at radius 2 is 1.59 bits per heavy atom. The predicted octanol–water partition coefficient (Wildman–Crippen LogP) is 1.21. The molecule has 5 nitrogen and oxygen atoms in total. The number of carbonyl (C=O) groups is 2. The molecule has 0 spiro atoms. The van der Waals surface area contributed by atoms with Gasteiger partial charge in [-0.15, -0.1) is 0 Å². The Morgan fingerprint density at radius 3 is 2.00 bits per heavy atom. The molecule has 0 aliphatic carbocycles. The molecule has 0 heterocycles. The number of nitrogens with zero attached hydrogens (tertiary/aromatic N) is 1. The van der Waals surface area contributed by atoms with Gasteiger partial charge in [-0.25, -0.2) is 9.80 Å².